The highest BCUT2D eigenvalue weighted by Crippen LogP contribution is 2.42. The molecule has 1 unspecified atom stereocenters. The SMILES string of the molecule is COC1=CC(C)=C[C@@H](C)[C@@H](O)[C@@H](C)CC(C)=CC=C[C@H](OC)C([C@@H](C)[C@@H](O)[C@H](C)[C@@]2(O)C[C@@H](OC(=O)C=CC(=O)NC3=C(O)CCC3=O)[C@H](C)[C@@H](C(C)C)O2)OC1=O. The first-order valence-electron chi connectivity index (χ1n) is 20.1. The molecule has 1 saturated heterocycles. The summed E-state index contributed by atoms with van der Waals surface area (Å²) in [6.45, 7) is 16.5. The van der Waals surface area contributed by atoms with Gasteiger partial charge in [0.25, 0.3) is 0 Å². The third kappa shape index (κ3) is 12.5. The number of aliphatic hydroxyl groups excluding tert-OH is 3. The van der Waals surface area contributed by atoms with Gasteiger partial charge >= 0.3 is 11.9 Å². The zero-order valence-electron chi connectivity index (χ0n) is 35.8. The van der Waals surface area contributed by atoms with Gasteiger partial charge in [-0.2, -0.15) is 0 Å². The topological polar surface area (TPSA) is 207 Å². The summed E-state index contributed by atoms with van der Waals surface area (Å²) in [4.78, 5) is 51.1. The average molecular weight is 816 g/mol. The van der Waals surface area contributed by atoms with Gasteiger partial charge in [-0.25, -0.2) is 9.59 Å². The minimum atomic E-state index is -2.04. The van der Waals surface area contributed by atoms with E-state index < -0.39 is 83.8 Å². The lowest BCUT2D eigenvalue weighted by Crippen LogP contribution is -2.59. The second kappa shape index (κ2) is 21.3. The van der Waals surface area contributed by atoms with Crippen LogP contribution in [0, 0.1) is 35.5 Å². The number of allylic oxidation sites excluding steroid dienone is 7. The lowest BCUT2D eigenvalue weighted by atomic mass is 9.76. The number of hydrogen-bond donors (Lipinski definition) is 5. The van der Waals surface area contributed by atoms with Crippen molar-refractivity contribution in [2.45, 2.75) is 130 Å². The molecule has 1 amide bonds. The largest absolute Gasteiger partial charge is 0.510 e. The highest BCUT2D eigenvalue weighted by atomic mass is 16.6. The van der Waals surface area contributed by atoms with Crippen LogP contribution in [0.2, 0.25) is 0 Å². The van der Waals surface area contributed by atoms with Gasteiger partial charge < -0.3 is 49.4 Å². The summed E-state index contributed by atoms with van der Waals surface area (Å²) in [7, 11) is 2.79. The Bertz CT molecular complexity index is 1670. The summed E-state index contributed by atoms with van der Waals surface area (Å²) >= 11 is 0. The Hall–Kier alpha value is -4.08. The van der Waals surface area contributed by atoms with Gasteiger partial charge in [-0.1, -0.05) is 83.9 Å². The fourth-order valence-electron chi connectivity index (χ4n) is 7.95. The number of Topliss-reactive ketones (excluding diaryl/α,β-unsaturated/α-hetero) is 1. The molecule has 0 saturated carbocycles. The molecule has 2 heterocycles. The maximum absolute atomic E-state index is 13.7. The van der Waals surface area contributed by atoms with E-state index in [1.165, 1.54) is 20.3 Å². The Kier molecular flexibility index (Phi) is 17.7. The third-order valence-corrected chi connectivity index (χ3v) is 11.5. The second-order valence-corrected chi connectivity index (χ2v) is 16.5. The number of carbonyl (C=O) groups excluding carboxylic acids is 4. The molecule has 0 aromatic rings. The lowest BCUT2D eigenvalue weighted by Gasteiger charge is -2.50. The lowest BCUT2D eigenvalue weighted by molar-refractivity contribution is -0.329. The predicted molar refractivity (Wildman–Crippen MR) is 215 cm³/mol. The fraction of sp³-hybridized carbons (Fsp3) is 0.636. The molecule has 12 atom stereocenters. The van der Waals surface area contributed by atoms with Crippen molar-refractivity contribution in [3.63, 3.8) is 0 Å². The number of hydrogen-bond acceptors (Lipinski definition) is 13. The van der Waals surface area contributed by atoms with Crippen molar-refractivity contribution in [1.29, 1.82) is 0 Å². The van der Waals surface area contributed by atoms with Gasteiger partial charge in [-0.05, 0) is 38.2 Å². The van der Waals surface area contributed by atoms with Crippen molar-refractivity contribution in [2.24, 2.45) is 35.5 Å². The Morgan fingerprint density at radius 2 is 1.71 bits per heavy atom. The van der Waals surface area contributed by atoms with Crippen molar-refractivity contribution in [1.82, 2.24) is 5.32 Å². The van der Waals surface area contributed by atoms with Crippen LogP contribution in [0.4, 0.5) is 0 Å². The Labute approximate surface area is 342 Å². The van der Waals surface area contributed by atoms with Gasteiger partial charge in [0, 0.05) is 62.2 Å². The zero-order chi connectivity index (χ0) is 43.6. The number of methoxy groups -OCH3 is 2. The molecule has 0 aromatic heterocycles. The van der Waals surface area contributed by atoms with E-state index in [9.17, 15) is 39.6 Å². The van der Waals surface area contributed by atoms with Gasteiger partial charge in [0.05, 0.1) is 25.4 Å². The molecular weight excluding hydrogens is 750 g/mol. The van der Waals surface area contributed by atoms with Gasteiger partial charge in [0.15, 0.2) is 11.6 Å². The monoisotopic (exact) mass is 815 g/mol. The van der Waals surface area contributed by atoms with E-state index in [1.54, 1.807) is 32.9 Å². The molecule has 0 bridgehead atoms. The van der Waals surface area contributed by atoms with Crippen LogP contribution in [0.5, 0.6) is 0 Å². The number of aliphatic hydroxyl groups is 4. The van der Waals surface area contributed by atoms with Crippen molar-refractivity contribution >= 4 is 23.6 Å². The summed E-state index contributed by atoms with van der Waals surface area (Å²) in [5, 5.41) is 47.4. The molecule has 14 heteroatoms. The van der Waals surface area contributed by atoms with E-state index in [1.807, 2.05) is 53.7 Å². The summed E-state index contributed by atoms with van der Waals surface area (Å²) < 4.78 is 29.5. The van der Waals surface area contributed by atoms with Gasteiger partial charge in [-0.15, -0.1) is 0 Å². The molecule has 0 spiro atoms. The van der Waals surface area contributed by atoms with Crippen LogP contribution in [0.25, 0.3) is 0 Å². The van der Waals surface area contributed by atoms with Crippen LogP contribution in [-0.2, 0) is 42.9 Å². The van der Waals surface area contributed by atoms with E-state index in [0.717, 1.165) is 17.7 Å². The molecule has 14 nitrogen and oxygen atoms in total. The minimum absolute atomic E-state index is 0.0594. The van der Waals surface area contributed by atoms with Crippen molar-refractivity contribution in [3.05, 3.63) is 70.9 Å². The third-order valence-electron chi connectivity index (χ3n) is 11.5. The molecule has 1 fully saturated rings. The first-order chi connectivity index (χ1) is 27.1. The molecule has 2 aliphatic heterocycles. The number of nitrogens with one attached hydrogen (secondary N) is 1. The first kappa shape index (κ1) is 48.3. The predicted octanol–water partition coefficient (Wildman–Crippen LogP) is 5.05. The molecule has 0 aromatic carbocycles. The van der Waals surface area contributed by atoms with Crippen LogP contribution in [-0.4, -0.2) is 101 Å². The minimum Gasteiger partial charge on any atom is -0.510 e. The van der Waals surface area contributed by atoms with Crippen LogP contribution < -0.4 is 5.32 Å². The number of esters is 2. The zero-order valence-corrected chi connectivity index (χ0v) is 35.8. The molecule has 324 valence electrons. The molecule has 3 rings (SSSR count). The quantitative estimate of drug-likeness (QED) is 0.137. The summed E-state index contributed by atoms with van der Waals surface area (Å²) in [6, 6.07) is 0. The molecule has 3 aliphatic rings. The Balaban J connectivity index is 1.92. The molecule has 58 heavy (non-hydrogen) atoms. The number of cyclic esters (lactones) is 1. The smallest absolute Gasteiger partial charge is 0.373 e. The summed E-state index contributed by atoms with van der Waals surface area (Å²) in [5.74, 6) is -8.07. The van der Waals surface area contributed by atoms with E-state index in [0.29, 0.717) is 12.0 Å². The maximum Gasteiger partial charge on any atom is 0.373 e. The van der Waals surface area contributed by atoms with E-state index >= 15 is 0 Å². The second-order valence-electron chi connectivity index (χ2n) is 16.5. The van der Waals surface area contributed by atoms with Crippen molar-refractivity contribution in [3.8, 4) is 0 Å². The standard InChI is InChI=1S/C44H65NO13/c1-23(2)41-28(7)35(56-37(49)18-17-36(48)45-38-31(46)15-16-32(38)47)22-44(53,58-41)30(9)40(51)29(8)42-33(54-10)14-12-13-24(3)19-26(5)39(50)27(6)20-25(4)21-34(55-11)43(52)57-42/h12-14,17-18,20-21,23,26-30,33,35,39-42,46,50-51,53H,15-16,19,22H2,1-11H3,(H,45,48)/t26-,27+,28-,29-,30-,33-,35+,39-,40+,41+,42?,44+/m0/s1. The molecule has 0 radical (unpaired) electrons. The number of carbonyl (C=O) groups is 4. The van der Waals surface area contributed by atoms with Crippen LogP contribution in [0.15, 0.2) is 70.9 Å². The van der Waals surface area contributed by atoms with Crippen molar-refractivity contribution < 1.29 is 63.3 Å². The van der Waals surface area contributed by atoms with Gasteiger partial charge in [-0.3, -0.25) is 9.59 Å². The van der Waals surface area contributed by atoms with E-state index in [-0.39, 0.29) is 54.2 Å². The summed E-state index contributed by atoms with van der Waals surface area (Å²) in [5.41, 5.74) is 1.48. The van der Waals surface area contributed by atoms with Crippen molar-refractivity contribution in [2.75, 3.05) is 14.2 Å². The number of amides is 1. The van der Waals surface area contributed by atoms with Gasteiger partial charge in [0.1, 0.15) is 29.8 Å². The Morgan fingerprint density at radius 1 is 1.03 bits per heavy atom. The maximum atomic E-state index is 13.7. The average Bonchev–Trinajstić information content (AvgIpc) is 3.48. The van der Waals surface area contributed by atoms with Crippen LogP contribution in [0.3, 0.4) is 0 Å². The normalized spacial score (nSPS) is 32.2. The molecule has 5 N–H and O–H groups in total. The summed E-state index contributed by atoms with van der Waals surface area (Å²) in [6.07, 6.45) is 5.61. The number of ether oxygens (including phenoxy) is 5. The van der Waals surface area contributed by atoms with Crippen LogP contribution in [0.1, 0.15) is 88.0 Å². The molecular formula is C44H65NO13. The highest BCUT2D eigenvalue weighted by Gasteiger charge is 2.53. The highest BCUT2D eigenvalue weighted by molar-refractivity contribution is 6.04. The van der Waals surface area contributed by atoms with Crippen LogP contribution >= 0.6 is 0 Å². The van der Waals surface area contributed by atoms with Gasteiger partial charge in [0.2, 0.25) is 11.7 Å². The Morgan fingerprint density at radius 3 is 2.29 bits per heavy atom. The first-order valence-corrected chi connectivity index (χ1v) is 20.1. The van der Waals surface area contributed by atoms with E-state index in [4.69, 9.17) is 23.7 Å². The fourth-order valence-corrected chi connectivity index (χ4v) is 7.95. The van der Waals surface area contributed by atoms with E-state index in [2.05, 4.69) is 5.32 Å². The molecule has 1 aliphatic carbocycles. The number of rotatable bonds is 11. The number of ketones is 1.